The van der Waals surface area contributed by atoms with E-state index in [4.69, 9.17) is 20.2 Å². The number of fused-ring (bicyclic) bond motifs is 1. The molecule has 1 saturated heterocycles. The van der Waals surface area contributed by atoms with Crippen LogP contribution in [0.25, 0.3) is 10.9 Å². The van der Waals surface area contributed by atoms with Crippen LogP contribution in [0.2, 0.25) is 0 Å². The highest BCUT2D eigenvalue weighted by atomic mass is 32.1. The SMILES string of the molecule is COc1cc2nc(CN3CCCC3c3nccs3)nc(N)c2cc1OC. The van der Waals surface area contributed by atoms with Gasteiger partial charge in [0.05, 0.1) is 32.3 Å². The molecule has 136 valence electrons. The van der Waals surface area contributed by atoms with Crippen molar-refractivity contribution in [2.24, 2.45) is 0 Å². The highest BCUT2D eigenvalue weighted by Gasteiger charge is 2.28. The van der Waals surface area contributed by atoms with E-state index >= 15 is 0 Å². The Morgan fingerprint density at radius 3 is 2.77 bits per heavy atom. The van der Waals surface area contributed by atoms with E-state index < -0.39 is 0 Å². The summed E-state index contributed by atoms with van der Waals surface area (Å²) in [6.45, 7) is 1.66. The number of hydrogen-bond donors (Lipinski definition) is 1. The average molecular weight is 371 g/mol. The molecule has 0 radical (unpaired) electrons. The molecule has 1 unspecified atom stereocenters. The van der Waals surface area contributed by atoms with Crippen molar-refractivity contribution in [3.8, 4) is 11.5 Å². The number of aromatic nitrogens is 3. The first kappa shape index (κ1) is 17.0. The van der Waals surface area contributed by atoms with E-state index in [1.54, 1.807) is 25.6 Å². The fraction of sp³-hybridized carbons (Fsp3) is 0.389. The maximum absolute atomic E-state index is 6.20. The predicted octanol–water partition coefficient (Wildman–Crippen LogP) is 3.02. The molecule has 2 aromatic heterocycles. The van der Waals surface area contributed by atoms with Crippen LogP contribution in [0.15, 0.2) is 23.7 Å². The monoisotopic (exact) mass is 371 g/mol. The minimum absolute atomic E-state index is 0.334. The fourth-order valence-corrected chi connectivity index (χ4v) is 4.28. The van der Waals surface area contributed by atoms with Gasteiger partial charge >= 0.3 is 0 Å². The third-order valence-electron chi connectivity index (χ3n) is 4.72. The van der Waals surface area contributed by atoms with Crippen molar-refractivity contribution in [2.75, 3.05) is 26.5 Å². The Labute approximate surface area is 155 Å². The molecular weight excluding hydrogens is 350 g/mol. The summed E-state index contributed by atoms with van der Waals surface area (Å²) in [5.74, 6) is 2.42. The molecule has 8 heteroatoms. The van der Waals surface area contributed by atoms with Gasteiger partial charge in [-0.2, -0.15) is 0 Å². The average Bonchev–Trinajstić information content (AvgIpc) is 3.32. The summed E-state index contributed by atoms with van der Waals surface area (Å²) in [5.41, 5.74) is 6.96. The normalized spacial score (nSPS) is 17.7. The van der Waals surface area contributed by atoms with Crippen LogP contribution in [-0.4, -0.2) is 40.6 Å². The predicted molar refractivity (Wildman–Crippen MR) is 102 cm³/mol. The van der Waals surface area contributed by atoms with Gasteiger partial charge in [0.2, 0.25) is 0 Å². The molecule has 26 heavy (non-hydrogen) atoms. The van der Waals surface area contributed by atoms with Crippen molar-refractivity contribution in [3.63, 3.8) is 0 Å². The maximum Gasteiger partial charge on any atom is 0.162 e. The number of anilines is 1. The third kappa shape index (κ3) is 3.06. The van der Waals surface area contributed by atoms with Crippen LogP contribution in [0.1, 0.15) is 29.7 Å². The number of thiazole rings is 1. The number of nitrogens with two attached hydrogens (primary N) is 1. The molecule has 3 heterocycles. The second-order valence-electron chi connectivity index (χ2n) is 6.25. The van der Waals surface area contributed by atoms with Gasteiger partial charge in [-0.3, -0.25) is 4.90 Å². The topological polar surface area (TPSA) is 86.4 Å². The van der Waals surface area contributed by atoms with Gasteiger partial charge in [-0.05, 0) is 25.5 Å². The van der Waals surface area contributed by atoms with Gasteiger partial charge in [-0.1, -0.05) is 0 Å². The van der Waals surface area contributed by atoms with Crippen molar-refractivity contribution in [1.82, 2.24) is 19.9 Å². The largest absolute Gasteiger partial charge is 0.493 e. The summed E-state index contributed by atoms with van der Waals surface area (Å²) in [6.07, 6.45) is 4.13. The summed E-state index contributed by atoms with van der Waals surface area (Å²) in [7, 11) is 3.21. The molecule has 0 aliphatic carbocycles. The second kappa shape index (κ2) is 7.05. The molecule has 1 aliphatic heterocycles. The Morgan fingerprint density at radius 2 is 2.04 bits per heavy atom. The molecule has 0 spiro atoms. The fourth-order valence-electron chi connectivity index (χ4n) is 3.48. The van der Waals surface area contributed by atoms with Crippen molar-refractivity contribution >= 4 is 28.1 Å². The van der Waals surface area contributed by atoms with E-state index in [0.29, 0.717) is 35.7 Å². The Morgan fingerprint density at radius 1 is 1.23 bits per heavy atom. The van der Waals surface area contributed by atoms with Crippen LogP contribution in [0, 0.1) is 0 Å². The second-order valence-corrected chi connectivity index (χ2v) is 7.17. The maximum atomic E-state index is 6.20. The van der Waals surface area contributed by atoms with Crippen molar-refractivity contribution < 1.29 is 9.47 Å². The number of rotatable bonds is 5. The molecule has 4 rings (SSSR count). The van der Waals surface area contributed by atoms with Crippen LogP contribution in [0.5, 0.6) is 11.5 Å². The molecule has 2 N–H and O–H groups in total. The van der Waals surface area contributed by atoms with Gasteiger partial charge in [-0.15, -0.1) is 11.3 Å². The molecule has 1 atom stereocenters. The first-order valence-electron chi connectivity index (χ1n) is 8.51. The number of likely N-dealkylation sites (tertiary alicyclic amines) is 1. The van der Waals surface area contributed by atoms with E-state index in [-0.39, 0.29) is 0 Å². The third-order valence-corrected chi connectivity index (χ3v) is 5.60. The standard InChI is InChI=1S/C18H21N5O2S/c1-24-14-8-11-12(9-15(14)25-2)21-16(22-17(11)19)10-23-6-3-4-13(23)18-20-5-7-26-18/h5,7-9,13H,3-4,6,10H2,1-2H3,(H2,19,21,22). The van der Waals surface area contributed by atoms with Gasteiger partial charge in [0, 0.05) is 23.0 Å². The molecule has 1 aromatic carbocycles. The van der Waals surface area contributed by atoms with Crippen molar-refractivity contribution in [3.05, 3.63) is 34.5 Å². The molecule has 0 bridgehead atoms. The van der Waals surface area contributed by atoms with Gasteiger partial charge in [-0.25, -0.2) is 15.0 Å². The Kier molecular flexibility index (Phi) is 4.60. The van der Waals surface area contributed by atoms with Crippen LogP contribution < -0.4 is 15.2 Å². The number of ether oxygens (including phenoxy) is 2. The van der Waals surface area contributed by atoms with E-state index in [9.17, 15) is 0 Å². The molecular formula is C18H21N5O2S. The van der Waals surface area contributed by atoms with Gasteiger partial charge in [0.25, 0.3) is 0 Å². The number of nitrogens with zero attached hydrogens (tertiary/aromatic N) is 4. The number of nitrogen functional groups attached to an aromatic ring is 1. The van der Waals surface area contributed by atoms with Gasteiger partial charge in [0.15, 0.2) is 11.5 Å². The highest BCUT2D eigenvalue weighted by molar-refractivity contribution is 7.09. The number of methoxy groups -OCH3 is 2. The molecule has 0 saturated carbocycles. The van der Waals surface area contributed by atoms with Crippen LogP contribution in [0.3, 0.4) is 0 Å². The Balaban J connectivity index is 1.66. The van der Waals surface area contributed by atoms with Gasteiger partial charge in [0.1, 0.15) is 16.6 Å². The molecule has 1 fully saturated rings. The van der Waals surface area contributed by atoms with E-state index in [1.807, 2.05) is 23.7 Å². The van der Waals surface area contributed by atoms with Crippen molar-refractivity contribution in [2.45, 2.75) is 25.4 Å². The summed E-state index contributed by atoms with van der Waals surface area (Å²) in [6, 6.07) is 4.00. The first-order valence-corrected chi connectivity index (χ1v) is 9.39. The lowest BCUT2D eigenvalue weighted by Gasteiger charge is -2.22. The first-order chi connectivity index (χ1) is 12.7. The molecule has 1 aliphatic rings. The lowest BCUT2D eigenvalue weighted by atomic mass is 10.2. The van der Waals surface area contributed by atoms with E-state index in [2.05, 4.69) is 14.9 Å². The minimum atomic E-state index is 0.334. The molecule has 0 amide bonds. The lowest BCUT2D eigenvalue weighted by molar-refractivity contribution is 0.242. The van der Waals surface area contributed by atoms with E-state index in [1.165, 1.54) is 0 Å². The van der Waals surface area contributed by atoms with Crippen LogP contribution >= 0.6 is 11.3 Å². The number of benzene rings is 1. The Bertz CT molecular complexity index is 916. The smallest absolute Gasteiger partial charge is 0.162 e. The van der Waals surface area contributed by atoms with Gasteiger partial charge < -0.3 is 15.2 Å². The van der Waals surface area contributed by atoms with Crippen LogP contribution in [-0.2, 0) is 6.54 Å². The number of hydrogen-bond acceptors (Lipinski definition) is 8. The highest BCUT2D eigenvalue weighted by Crippen LogP contribution is 2.35. The lowest BCUT2D eigenvalue weighted by Crippen LogP contribution is -2.24. The summed E-state index contributed by atoms with van der Waals surface area (Å²) >= 11 is 1.70. The summed E-state index contributed by atoms with van der Waals surface area (Å²) in [4.78, 5) is 16.1. The quantitative estimate of drug-likeness (QED) is 0.738. The summed E-state index contributed by atoms with van der Waals surface area (Å²) < 4.78 is 10.7. The van der Waals surface area contributed by atoms with E-state index in [0.717, 1.165) is 35.3 Å². The van der Waals surface area contributed by atoms with Crippen molar-refractivity contribution in [1.29, 1.82) is 0 Å². The Hall–Kier alpha value is -2.45. The zero-order chi connectivity index (χ0) is 18.1. The molecule has 3 aromatic rings. The molecule has 7 nitrogen and oxygen atoms in total. The zero-order valence-electron chi connectivity index (χ0n) is 14.8. The zero-order valence-corrected chi connectivity index (χ0v) is 15.6. The minimum Gasteiger partial charge on any atom is -0.493 e. The summed E-state index contributed by atoms with van der Waals surface area (Å²) in [5, 5.41) is 3.95. The van der Waals surface area contributed by atoms with Crippen LogP contribution in [0.4, 0.5) is 5.82 Å².